The predicted molar refractivity (Wildman–Crippen MR) is 145 cm³/mol. The van der Waals surface area contributed by atoms with E-state index in [9.17, 15) is 23.1 Å². The number of piperidine rings is 1. The van der Waals surface area contributed by atoms with Gasteiger partial charge in [0.05, 0.1) is 37.3 Å². The number of benzene rings is 2. The van der Waals surface area contributed by atoms with Crippen LogP contribution in [0.4, 0.5) is 18.9 Å². The Morgan fingerprint density at radius 2 is 2.02 bits per heavy atom. The first-order valence-corrected chi connectivity index (χ1v) is 14.2. The van der Waals surface area contributed by atoms with Gasteiger partial charge in [0.1, 0.15) is 17.6 Å². The molecule has 1 spiro atoms. The van der Waals surface area contributed by atoms with Crippen LogP contribution in [0.25, 0.3) is 6.08 Å². The smallest absolute Gasteiger partial charge is 0.508 e. The third-order valence-corrected chi connectivity index (χ3v) is 9.60. The van der Waals surface area contributed by atoms with Gasteiger partial charge in [-0.25, -0.2) is 0 Å². The van der Waals surface area contributed by atoms with E-state index in [1.54, 1.807) is 30.3 Å². The van der Waals surface area contributed by atoms with Crippen LogP contribution < -0.4 is 10.1 Å². The van der Waals surface area contributed by atoms with Crippen LogP contribution in [0.5, 0.6) is 11.5 Å². The number of aromatic hydroxyl groups is 1. The van der Waals surface area contributed by atoms with Gasteiger partial charge in [0.2, 0.25) is 0 Å². The maximum Gasteiger partial charge on any atom is 0.573 e. The first-order valence-electron chi connectivity index (χ1n) is 14.2. The third-order valence-electron chi connectivity index (χ3n) is 9.60. The van der Waals surface area contributed by atoms with Crippen molar-refractivity contribution in [1.29, 1.82) is 0 Å². The van der Waals surface area contributed by atoms with Crippen molar-refractivity contribution in [2.45, 2.75) is 69.9 Å². The summed E-state index contributed by atoms with van der Waals surface area (Å²) in [5.74, 6) is -0.502. The standard InChI is InChI=1S/C31H35F3N2O4/c1-18(2)17-36(3)13-12-30-21-10-7-11-26(30)39-28-22(16-24(37)20(27(28)30)15-23(21)36)35-29(38)25(40-31(32,33)34)14-19-8-5-4-6-9-19/h4-6,8-9,14,16,18,21,23,26H,7,10-13,15,17H2,1-3H3,(H-,35,37,38)/p+1/t21-,23+,26-,30+,36?/m0/s1. The highest BCUT2D eigenvalue weighted by Crippen LogP contribution is 2.65. The number of halogens is 3. The molecule has 1 saturated heterocycles. The lowest BCUT2D eigenvalue weighted by Crippen LogP contribution is -2.71. The van der Waals surface area contributed by atoms with Crippen LogP contribution in [0, 0.1) is 11.8 Å². The maximum atomic E-state index is 13.3. The molecule has 2 aliphatic carbocycles. The molecule has 2 heterocycles. The third kappa shape index (κ3) is 4.33. The average molecular weight is 558 g/mol. The summed E-state index contributed by atoms with van der Waals surface area (Å²) in [6, 6.07) is 9.98. The second-order valence-electron chi connectivity index (χ2n) is 12.5. The van der Waals surface area contributed by atoms with Gasteiger partial charge >= 0.3 is 6.36 Å². The summed E-state index contributed by atoms with van der Waals surface area (Å²) in [5.41, 5.74) is 2.11. The number of phenolic OH excluding ortho intramolecular Hbond substituents is 1. The van der Waals surface area contributed by atoms with Crippen molar-refractivity contribution in [2.24, 2.45) is 11.8 Å². The number of carbonyl (C=O) groups excluding carboxylic acids is 1. The van der Waals surface area contributed by atoms with Crippen LogP contribution >= 0.6 is 0 Å². The molecule has 2 aromatic carbocycles. The zero-order valence-electron chi connectivity index (χ0n) is 23.1. The zero-order chi connectivity index (χ0) is 28.4. The van der Waals surface area contributed by atoms with Gasteiger partial charge in [-0.05, 0) is 30.9 Å². The number of nitrogens with one attached hydrogen (secondary N) is 1. The lowest BCUT2D eigenvalue weighted by atomic mass is 9.51. The normalized spacial score (nSPS) is 30.5. The Bertz CT molecular complexity index is 1360. The van der Waals surface area contributed by atoms with E-state index >= 15 is 0 Å². The molecule has 1 amide bonds. The summed E-state index contributed by atoms with van der Waals surface area (Å²) < 4.78 is 51.5. The lowest BCUT2D eigenvalue weighted by molar-refractivity contribution is -0.947. The number of hydrogen-bond donors (Lipinski definition) is 2. The molecule has 6 nitrogen and oxygen atoms in total. The van der Waals surface area contributed by atoms with Gasteiger partial charge in [-0.1, -0.05) is 44.2 Å². The van der Waals surface area contributed by atoms with Crippen LogP contribution in [-0.4, -0.2) is 54.1 Å². The van der Waals surface area contributed by atoms with Gasteiger partial charge < -0.3 is 24.4 Å². The Balaban J connectivity index is 1.40. The van der Waals surface area contributed by atoms with E-state index in [4.69, 9.17) is 4.74 Å². The highest BCUT2D eigenvalue weighted by molar-refractivity contribution is 6.06. The minimum absolute atomic E-state index is 0.0509. The molecule has 1 unspecified atom stereocenters. The second kappa shape index (κ2) is 9.43. The average Bonchev–Trinajstić information content (AvgIpc) is 3.21. The number of nitrogens with zero attached hydrogens (tertiary/aromatic N) is 1. The number of ether oxygens (including phenoxy) is 2. The molecule has 9 heteroatoms. The molecule has 2 N–H and O–H groups in total. The number of anilines is 1. The van der Waals surface area contributed by atoms with E-state index < -0.39 is 18.0 Å². The van der Waals surface area contributed by atoms with E-state index in [2.05, 4.69) is 30.9 Å². The number of rotatable bonds is 6. The summed E-state index contributed by atoms with van der Waals surface area (Å²) in [5, 5.41) is 13.9. The quantitative estimate of drug-likeness (QED) is 0.255. The molecule has 2 fully saturated rings. The van der Waals surface area contributed by atoms with E-state index in [1.807, 2.05) is 0 Å². The van der Waals surface area contributed by atoms with Crippen molar-refractivity contribution >= 4 is 17.7 Å². The molecule has 40 heavy (non-hydrogen) atoms. The van der Waals surface area contributed by atoms with Crippen molar-refractivity contribution in [1.82, 2.24) is 0 Å². The Morgan fingerprint density at radius 3 is 2.73 bits per heavy atom. The Kier molecular flexibility index (Phi) is 6.36. The minimum atomic E-state index is -5.05. The van der Waals surface area contributed by atoms with Crippen LogP contribution in [-0.2, 0) is 21.4 Å². The number of likely N-dealkylation sites (N-methyl/N-ethyl adjacent to an activating group) is 1. The monoisotopic (exact) mass is 557 g/mol. The molecular formula is C31H36F3N2O4+. The van der Waals surface area contributed by atoms with E-state index in [0.29, 0.717) is 35.6 Å². The van der Waals surface area contributed by atoms with Crippen LogP contribution in [0.2, 0.25) is 0 Å². The van der Waals surface area contributed by atoms with Gasteiger partial charge in [0.25, 0.3) is 5.91 Å². The maximum absolute atomic E-state index is 13.3. The number of amides is 1. The van der Waals surface area contributed by atoms with Crippen LogP contribution in [0.15, 0.2) is 42.2 Å². The molecule has 2 bridgehead atoms. The first-order chi connectivity index (χ1) is 18.9. The number of likely N-dealkylation sites (tertiary alicyclic amines) is 1. The largest absolute Gasteiger partial charge is 0.573 e. The van der Waals surface area contributed by atoms with Crippen molar-refractivity contribution in [3.63, 3.8) is 0 Å². The Labute approximate surface area is 232 Å². The highest BCUT2D eigenvalue weighted by Gasteiger charge is 2.67. The molecule has 2 aliphatic heterocycles. The zero-order valence-corrected chi connectivity index (χ0v) is 23.1. The summed E-state index contributed by atoms with van der Waals surface area (Å²) in [6.45, 7) is 6.56. The Hall–Kier alpha value is -3.20. The molecular weight excluding hydrogens is 521 g/mol. The fraction of sp³-hybridized carbons (Fsp3) is 0.516. The van der Waals surface area contributed by atoms with Gasteiger partial charge in [0, 0.05) is 41.9 Å². The first kappa shape index (κ1) is 27.0. The number of alkyl halides is 3. The number of phenols is 1. The molecule has 0 radical (unpaired) electrons. The summed E-state index contributed by atoms with van der Waals surface area (Å²) in [6.07, 6.45) is 0.525. The van der Waals surface area contributed by atoms with Crippen molar-refractivity contribution in [2.75, 3.05) is 25.5 Å². The predicted octanol–water partition coefficient (Wildman–Crippen LogP) is 6.14. The van der Waals surface area contributed by atoms with E-state index in [-0.39, 0.29) is 23.0 Å². The van der Waals surface area contributed by atoms with Crippen LogP contribution in [0.1, 0.15) is 56.2 Å². The molecule has 0 aromatic heterocycles. The lowest BCUT2D eigenvalue weighted by Gasteiger charge is -2.61. The van der Waals surface area contributed by atoms with Crippen molar-refractivity contribution in [3.05, 3.63) is 58.8 Å². The topological polar surface area (TPSA) is 67.8 Å². The summed E-state index contributed by atoms with van der Waals surface area (Å²) in [4.78, 5) is 13.2. The minimum Gasteiger partial charge on any atom is -0.508 e. The van der Waals surface area contributed by atoms with E-state index in [1.165, 1.54) is 6.07 Å². The van der Waals surface area contributed by atoms with Crippen molar-refractivity contribution < 1.29 is 37.0 Å². The summed E-state index contributed by atoms with van der Waals surface area (Å²) >= 11 is 0. The molecule has 6 rings (SSSR count). The molecule has 5 atom stereocenters. The second-order valence-corrected chi connectivity index (χ2v) is 12.5. The van der Waals surface area contributed by atoms with Gasteiger partial charge in [-0.15, -0.1) is 13.2 Å². The number of quaternary nitrogens is 1. The highest BCUT2D eigenvalue weighted by atomic mass is 19.4. The van der Waals surface area contributed by atoms with Crippen LogP contribution in [0.3, 0.4) is 0 Å². The molecule has 1 saturated carbocycles. The fourth-order valence-corrected chi connectivity index (χ4v) is 8.36. The Morgan fingerprint density at radius 1 is 1.27 bits per heavy atom. The van der Waals surface area contributed by atoms with E-state index in [0.717, 1.165) is 60.5 Å². The number of hydrogen-bond acceptors (Lipinski definition) is 4. The van der Waals surface area contributed by atoms with Crippen molar-refractivity contribution in [3.8, 4) is 11.5 Å². The van der Waals surface area contributed by atoms with Gasteiger partial charge in [-0.3, -0.25) is 4.79 Å². The molecule has 2 aromatic rings. The SMILES string of the molecule is CC(C)C[N+]1(C)CC[C@]23c4c5c(O)cc(NC(=O)C(=Cc6ccccc6)OC(F)(F)F)c4O[C@H]2CCC[C@H]3[C@H]1C5. The van der Waals surface area contributed by atoms with Gasteiger partial charge in [0.15, 0.2) is 5.76 Å². The number of carbonyl (C=O) groups is 1. The fourth-order valence-electron chi connectivity index (χ4n) is 8.36. The molecule has 4 aliphatic rings. The summed E-state index contributed by atoms with van der Waals surface area (Å²) in [7, 11) is 2.34. The van der Waals surface area contributed by atoms with Gasteiger partial charge in [-0.2, -0.15) is 0 Å². The molecule has 214 valence electrons.